The van der Waals surface area contributed by atoms with E-state index in [1.54, 1.807) is 17.8 Å². The fraction of sp³-hybridized carbons (Fsp3) is 0.455. The Kier molecular flexibility index (Phi) is 4.73. The van der Waals surface area contributed by atoms with E-state index in [9.17, 15) is 4.39 Å². The van der Waals surface area contributed by atoms with Crippen LogP contribution in [0, 0.1) is 5.82 Å². The number of ether oxygens (including phenoxy) is 1. The molecule has 0 aromatic heterocycles. The van der Waals surface area contributed by atoms with Crippen molar-refractivity contribution in [1.82, 2.24) is 0 Å². The van der Waals surface area contributed by atoms with Crippen molar-refractivity contribution in [2.75, 3.05) is 31.0 Å². The van der Waals surface area contributed by atoms with Crippen molar-refractivity contribution < 1.29 is 9.13 Å². The Morgan fingerprint density at radius 3 is 2.81 bits per heavy atom. The number of halogens is 1. The van der Waals surface area contributed by atoms with Gasteiger partial charge in [0.15, 0.2) is 0 Å². The Hall–Kier alpha value is -1.10. The maximum atomic E-state index is 13.5. The zero-order valence-electron chi connectivity index (χ0n) is 9.71. The molecule has 5 heteroatoms. The van der Waals surface area contributed by atoms with Crippen molar-refractivity contribution in [3.63, 3.8) is 0 Å². The molecule has 1 aromatic carbocycles. The summed E-state index contributed by atoms with van der Waals surface area (Å²) in [6.07, 6.45) is 2.02. The molecule has 0 aliphatic heterocycles. The number of hydrogen-bond acceptors (Lipinski definition) is 4. The van der Waals surface area contributed by atoms with Gasteiger partial charge in [-0.25, -0.2) is 4.39 Å². The van der Waals surface area contributed by atoms with Crippen molar-refractivity contribution in [2.45, 2.75) is 12.2 Å². The maximum Gasteiger partial charge on any atom is 0.148 e. The highest BCUT2D eigenvalue weighted by Crippen LogP contribution is 2.28. The third kappa shape index (κ3) is 3.20. The van der Waals surface area contributed by atoms with Crippen LogP contribution in [0.4, 0.5) is 15.8 Å². The molecule has 1 unspecified atom stereocenters. The normalized spacial score (nSPS) is 12.2. The molecule has 0 bridgehead atoms. The molecule has 0 amide bonds. The molecule has 1 aromatic rings. The molecule has 1 rings (SSSR count). The fourth-order valence-electron chi connectivity index (χ4n) is 1.22. The van der Waals surface area contributed by atoms with E-state index < -0.39 is 0 Å². The third-order valence-electron chi connectivity index (χ3n) is 2.30. The summed E-state index contributed by atoms with van der Waals surface area (Å²) < 4.78 is 18.6. The van der Waals surface area contributed by atoms with Crippen LogP contribution in [0.5, 0.6) is 5.75 Å². The first-order chi connectivity index (χ1) is 7.58. The van der Waals surface area contributed by atoms with Gasteiger partial charge in [-0.05, 0) is 6.26 Å². The topological polar surface area (TPSA) is 47.3 Å². The van der Waals surface area contributed by atoms with Gasteiger partial charge in [-0.2, -0.15) is 11.8 Å². The summed E-state index contributed by atoms with van der Waals surface area (Å²) in [7, 11) is 1.51. The average Bonchev–Trinajstić information content (AvgIpc) is 2.27. The van der Waals surface area contributed by atoms with Gasteiger partial charge in [-0.1, -0.05) is 6.92 Å². The second kappa shape index (κ2) is 5.84. The number of anilines is 2. The molecule has 0 heterocycles. The summed E-state index contributed by atoms with van der Waals surface area (Å²) in [4.78, 5) is 0. The van der Waals surface area contributed by atoms with E-state index in [2.05, 4.69) is 12.2 Å². The molecular formula is C11H17FN2OS. The monoisotopic (exact) mass is 244 g/mol. The Morgan fingerprint density at radius 2 is 2.25 bits per heavy atom. The summed E-state index contributed by atoms with van der Waals surface area (Å²) in [5, 5.41) is 3.45. The second-order valence-electron chi connectivity index (χ2n) is 3.50. The highest BCUT2D eigenvalue weighted by Gasteiger charge is 2.09. The van der Waals surface area contributed by atoms with Crippen LogP contribution in [0.1, 0.15) is 6.92 Å². The number of nitrogens with two attached hydrogens (primary N) is 1. The summed E-state index contributed by atoms with van der Waals surface area (Å²) in [6.45, 7) is 2.77. The van der Waals surface area contributed by atoms with Gasteiger partial charge in [0, 0.05) is 23.9 Å². The first kappa shape index (κ1) is 13.0. The smallest absolute Gasteiger partial charge is 0.148 e. The molecule has 0 radical (unpaired) electrons. The van der Waals surface area contributed by atoms with Crippen LogP contribution >= 0.6 is 11.8 Å². The lowest BCUT2D eigenvalue weighted by atomic mass is 10.2. The van der Waals surface area contributed by atoms with Gasteiger partial charge in [0.25, 0.3) is 0 Å². The summed E-state index contributed by atoms with van der Waals surface area (Å²) in [5.74, 6) is 0.132. The largest absolute Gasteiger partial charge is 0.495 e. The molecule has 90 valence electrons. The zero-order valence-corrected chi connectivity index (χ0v) is 10.5. The van der Waals surface area contributed by atoms with E-state index in [4.69, 9.17) is 10.5 Å². The van der Waals surface area contributed by atoms with E-state index in [1.807, 2.05) is 6.26 Å². The number of rotatable bonds is 5. The van der Waals surface area contributed by atoms with Gasteiger partial charge < -0.3 is 15.8 Å². The number of methoxy groups -OCH3 is 1. The summed E-state index contributed by atoms with van der Waals surface area (Å²) in [6, 6.07) is 2.85. The quantitative estimate of drug-likeness (QED) is 0.782. The minimum absolute atomic E-state index is 0.309. The molecular weight excluding hydrogens is 227 g/mol. The fourth-order valence-corrected chi connectivity index (χ4v) is 1.47. The van der Waals surface area contributed by atoms with Crippen molar-refractivity contribution >= 4 is 23.1 Å². The van der Waals surface area contributed by atoms with Gasteiger partial charge in [-0.15, -0.1) is 0 Å². The van der Waals surface area contributed by atoms with Crippen LogP contribution in [0.2, 0.25) is 0 Å². The van der Waals surface area contributed by atoms with Crippen LogP contribution in [-0.4, -0.2) is 25.2 Å². The van der Waals surface area contributed by atoms with Gasteiger partial charge in [0.1, 0.15) is 11.6 Å². The Bertz CT molecular complexity index is 360. The molecule has 3 N–H and O–H groups in total. The lowest BCUT2D eigenvalue weighted by molar-refractivity contribution is 0.416. The van der Waals surface area contributed by atoms with Crippen LogP contribution in [0.15, 0.2) is 12.1 Å². The molecule has 1 atom stereocenters. The molecule has 0 spiro atoms. The van der Waals surface area contributed by atoms with Crippen LogP contribution in [-0.2, 0) is 0 Å². The Balaban J connectivity index is 2.79. The van der Waals surface area contributed by atoms with E-state index >= 15 is 0 Å². The molecule has 3 nitrogen and oxygen atoms in total. The minimum Gasteiger partial charge on any atom is -0.495 e. The Labute approximate surface area is 99.5 Å². The molecule has 0 saturated heterocycles. The number of thioether (sulfide) groups is 1. The van der Waals surface area contributed by atoms with Crippen molar-refractivity contribution in [1.29, 1.82) is 0 Å². The SMILES string of the molecule is COc1cc(NCC(C)SC)c(F)cc1N. The predicted molar refractivity (Wildman–Crippen MR) is 68.8 cm³/mol. The first-order valence-corrected chi connectivity index (χ1v) is 6.27. The lowest BCUT2D eigenvalue weighted by Gasteiger charge is -2.13. The predicted octanol–water partition coefficient (Wildman–Crippen LogP) is 2.58. The van der Waals surface area contributed by atoms with Gasteiger partial charge >= 0.3 is 0 Å². The first-order valence-electron chi connectivity index (χ1n) is 4.98. The minimum atomic E-state index is -0.355. The molecule has 0 fully saturated rings. The average molecular weight is 244 g/mol. The highest BCUT2D eigenvalue weighted by molar-refractivity contribution is 7.99. The van der Waals surface area contributed by atoms with Gasteiger partial charge in [0.05, 0.1) is 18.5 Å². The van der Waals surface area contributed by atoms with Crippen molar-refractivity contribution in [2.24, 2.45) is 0 Å². The van der Waals surface area contributed by atoms with E-state index in [-0.39, 0.29) is 5.82 Å². The summed E-state index contributed by atoms with van der Waals surface area (Å²) in [5.41, 5.74) is 6.32. The van der Waals surface area contributed by atoms with Crippen LogP contribution in [0.3, 0.4) is 0 Å². The molecule has 0 saturated carbocycles. The number of benzene rings is 1. The standard InChI is InChI=1S/C11H17FN2OS/c1-7(16-3)6-14-10-5-11(15-2)9(13)4-8(10)12/h4-5,7,14H,6,13H2,1-3H3. The summed E-state index contributed by atoms with van der Waals surface area (Å²) >= 11 is 1.72. The van der Waals surface area contributed by atoms with Gasteiger partial charge in [0.2, 0.25) is 0 Å². The molecule has 16 heavy (non-hydrogen) atoms. The highest BCUT2D eigenvalue weighted by atomic mass is 32.2. The number of hydrogen-bond donors (Lipinski definition) is 2. The van der Waals surface area contributed by atoms with E-state index in [0.717, 1.165) is 0 Å². The van der Waals surface area contributed by atoms with Crippen molar-refractivity contribution in [3.05, 3.63) is 17.9 Å². The number of nitrogens with one attached hydrogen (secondary N) is 1. The van der Waals surface area contributed by atoms with Crippen LogP contribution < -0.4 is 15.8 Å². The Morgan fingerprint density at radius 1 is 1.56 bits per heavy atom. The van der Waals surface area contributed by atoms with Crippen molar-refractivity contribution in [3.8, 4) is 5.75 Å². The van der Waals surface area contributed by atoms with E-state index in [0.29, 0.717) is 28.9 Å². The van der Waals surface area contributed by atoms with E-state index in [1.165, 1.54) is 13.2 Å². The molecule has 0 aliphatic carbocycles. The van der Waals surface area contributed by atoms with Crippen LogP contribution in [0.25, 0.3) is 0 Å². The second-order valence-corrected chi connectivity index (χ2v) is 4.78. The number of nitrogen functional groups attached to an aromatic ring is 1. The lowest BCUT2D eigenvalue weighted by Crippen LogP contribution is -2.13. The maximum absolute atomic E-state index is 13.5. The third-order valence-corrected chi connectivity index (χ3v) is 3.27. The van der Waals surface area contributed by atoms with Gasteiger partial charge in [-0.3, -0.25) is 0 Å². The zero-order chi connectivity index (χ0) is 12.1. The molecule has 0 aliphatic rings.